The second-order valence-corrected chi connectivity index (χ2v) is 6.49. The van der Waals surface area contributed by atoms with E-state index in [9.17, 15) is 0 Å². The summed E-state index contributed by atoms with van der Waals surface area (Å²) in [4.78, 5) is 4.62. The van der Waals surface area contributed by atoms with Gasteiger partial charge in [0.1, 0.15) is 0 Å². The van der Waals surface area contributed by atoms with Crippen molar-refractivity contribution < 1.29 is 0 Å². The number of piperidine rings is 1. The van der Waals surface area contributed by atoms with Crippen LogP contribution in [0.2, 0.25) is 5.02 Å². The highest BCUT2D eigenvalue weighted by atomic mass is 35.5. The number of hydrogen-bond donors (Lipinski definition) is 1. The van der Waals surface area contributed by atoms with E-state index < -0.39 is 0 Å². The van der Waals surface area contributed by atoms with Gasteiger partial charge in [0.15, 0.2) is 0 Å². The number of hydrogen-bond acceptors (Lipinski definition) is 3. The van der Waals surface area contributed by atoms with Crippen LogP contribution in [0, 0.1) is 0 Å². The SMILES string of the molecule is CC(C)N1CCC(Nc2cccc(Cl)c2N(C)C)CC1. The third-order valence-electron chi connectivity index (χ3n) is 4.05. The molecule has 3 nitrogen and oxygen atoms in total. The van der Waals surface area contributed by atoms with E-state index in [1.807, 2.05) is 26.2 Å². The molecule has 4 heteroatoms. The molecule has 1 aliphatic rings. The standard InChI is InChI=1S/C16H26ClN3/c1-12(2)20-10-8-13(9-11-20)18-15-7-5-6-14(17)16(15)19(3)4/h5-7,12-13,18H,8-11H2,1-4H3. The zero-order valence-corrected chi connectivity index (χ0v) is 13.7. The molecule has 1 saturated heterocycles. The lowest BCUT2D eigenvalue weighted by Gasteiger charge is -2.35. The summed E-state index contributed by atoms with van der Waals surface area (Å²) in [6.07, 6.45) is 2.38. The van der Waals surface area contributed by atoms with Crippen molar-refractivity contribution in [3.63, 3.8) is 0 Å². The first-order chi connectivity index (χ1) is 9.49. The van der Waals surface area contributed by atoms with Crippen LogP contribution in [0.25, 0.3) is 0 Å². The summed E-state index contributed by atoms with van der Waals surface area (Å²) in [7, 11) is 4.07. The van der Waals surface area contributed by atoms with E-state index in [1.54, 1.807) is 0 Å². The summed E-state index contributed by atoms with van der Waals surface area (Å²) in [6.45, 7) is 6.89. The van der Waals surface area contributed by atoms with E-state index in [0.29, 0.717) is 12.1 Å². The zero-order valence-electron chi connectivity index (χ0n) is 13.0. The smallest absolute Gasteiger partial charge is 0.0786 e. The fraction of sp³-hybridized carbons (Fsp3) is 0.625. The maximum absolute atomic E-state index is 6.32. The molecule has 0 unspecified atom stereocenters. The van der Waals surface area contributed by atoms with E-state index in [0.717, 1.165) is 16.4 Å². The molecular formula is C16H26ClN3. The molecule has 1 N–H and O–H groups in total. The lowest BCUT2D eigenvalue weighted by atomic mass is 10.0. The maximum atomic E-state index is 6.32. The Bertz CT molecular complexity index is 437. The van der Waals surface area contributed by atoms with Gasteiger partial charge >= 0.3 is 0 Å². The van der Waals surface area contributed by atoms with Gasteiger partial charge in [0.25, 0.3) is 0 Å². The topological polar surface area (TPSA) is 18.5 Å². The van der Waals surface area contributed by atoms with Gasteiger partial charge in [-0.3, -0.25) is 0 Å². The van der Waals surface area contributed by atoms with Crippen molar-refractivity contribution in [3.05, 3.63) is 23.2 Å². The van der Waals surface area contributed by atoms with Crippen LogP contribution in [-0.2, 0) is 0 Å². The Labute approximate surface area is 127 Å². The average Bonchev–Trinajstić information content (AvgIpc) is 2.39. The van der Waals surface area contributed by atoms with Gasteiger partial charge in [-0.25, -0.2) is 0 Å². The first-order valence-electron chi connectivity index (χ1n) is 7.45. The van der Waals surface area contributed by atoms with Crippen LogP contribution in [0.3, 0.4) is 0 Å². The second-order valence-electron chi connectivity index (χ2n) is 6.08. The van der Waals surface area contributed by atoms with Crippen LogP contribution < -0.4 is 10.2 Å². The third-order valence-corrected chi connectivity index (χ3v) is 4.36. The van der Waals surface area contributed by atoms with Crippen LogP contribution >= 0.6 is 11.6 Å². The summed E-state index contributed by atoms with van der Waals surface area (Å²) in [5.74, 6) is 0. The molecule has 0 aliphatic carbocycles. The van der Waals surface area contributed by atoms with Crippen molar-refractivity contribution in [2.24, 2.45) is 0 Å². The van der Waals surface area contributed by atoms with Gasteiger partial charge in [-0.2, -0.15) is 0 Å². The highest BCUT2D eigenvalue weighted by Gasteiger charge is 2.21. The molecule has 2 rings (SSSR count). The van der Waals surface area contributed by atoms with Crippen LogP contribution in [-0.4, -0.2) is 44.2 Å². The van der Waals surface area contributed by atoms with Crippen molar-refractivity contribution >= 4 is 23.0 Å². The molecule has 0 amide bonds. The molecule has 1 aromatic rings. The van der Waals surface area contributed by atoms with E-state index in [-0.39, 0.29) is 0 Å². The quantitative estimate of drug-likeness (QED) is 0.914. The number of halogens is 1. The summed E-state index contributed by atoms with van der Waals surface area (Å²) >= 11 is 6.32. The molecule has 1 heterocycles. The largest absolute Gasteiger partial charge is 0.380 e. The highest BCUT2D eigenvalue weighted by Crippen LogP contribution is 2.33. The Morgan fingerprint density at radius 2 is 1.90 bits per heavy atom. The monoisotopic (exact) mass is 295 g/mol. The second kappa shape index (κ2) is 6.68. The lowest BCUT2D eigenvalue weighted by Crippen LogP contribution is -2.42. The van der Waals surface area contributed by atoms with Gasteiger partial charge in [0.05, 0.1) is 16.4 Å². The number of likely N-dealkylation sites (tertiary alicyclic amines) is 1. The molecule has 0 spiro atoms. The Morgan fingerprint density at radius 1 is 1.25 bits per heavy atom. The van der Waals surface area contributed by atoms with E-state index in [2.05, 4.69) is 35.0 Å². The minimum absolute atomic E-state index is 0.544. The van der Waals surface area contributed by atoms with Crippen LogP contribution in [0.15, 0.2) is 18.2 Å². The molecule has 20 heavy (non-hydrogen) atoms. The van der Waals surface area contributed by atoms with Crippen LogP contribution in [0.1, 0.15) is 26.7 Å². The van der Waals surface area contributed by atoms with Crippen molar-refractivity contribution in [2.75, 3.05) is 37.4 Å². The normalized spacial score (nSPS) is 17.5. The van der Waals surface area contributed by atoms with Crippen molar-refractivity contribution in [1.29, 1.82) is 0 Å². The van der Waals surface area contributed by atoms with E-state index >= 15 is 0 Å². The Kier molecular flexibility index (Phi) is 5.17. The van der Waals surface area contributed by atoms with Gasteiger partial charge in [0, 0.05) is 39.3 Å². The minimum Gasteiger partial charge on any atom is -0.380 e. The Balaban J connectivity index is 2.03. The highest BCUT2D eigenvalue weighted by molar-refractivity contribution is 6.34. The predicted octanol–water partition coefficient (Wildman–Crippen LogP) is 3.69. The molecular weight excluding hydrogens is 270 g/mol. The van der Waals surface area contributed by atoms with Crippen LogP contribution in [0.4, 0.5) is 11.4 Å². The van der Waals surface area contributed by atoms with Crippen LogP contribution in [0.5, 0.6) is 0 Å². The van der Waals surface area contributed by atoms with E-state index in [1.165, 1.54) is 25.9 Å². The van der Waals surface area contributed by atoms with Crippen molar-refractivity contribution in [1.82, 2.24) is 4.90 Å². The fourth-order valence-electron chi connectivity index (χ4n) is 2.87. The first kappa shape index (κ1) is 15.5. The summed E-state index contributed by atoms with van der Waals surface area (Å²) in [5.41, 5.74) is 2.23. The summed E-state index contributed by atoms with van der Waals surface area (Å²) in [6, 6.07) is 7.28. The molecule has 0 aromatic heterocycles. The maximum Gasteiger partial charge on any atom is 0.0786 e. The number of nitrogens with zero attached hydrogens (tertiary/aromatic N) is 2. The Morgan fingerprint density at radius 3 is 2.45 bits per heavy atom. The van der Waals surface area contributed by atoms with Gasteiger partial charge in [-0.05, 0) is 38.8 Å². The van der Waals surface area contributed by atoms with E-state index in [4.69, 9.17) is 11.6 Å². The zero-order chi connectivity index (χ0) is 14.7. The van der Waals surface area contributed by atoms with Crippen molar-refractivity contribution in [3.8, 4) is 0 Å². The molecule has 0 saturated carbocycles. The molecule has 0 atom stereocenters. The first-order valence-corrected chi connectivity index (χ1v) is 7.83. The molecule has 1 aromatic carbocycles. The predicted molar refractivity (Wildman–Crippen MR) is 89.1 cm³/mol. The molecule has 0 bridgehead atoms. The Hall–Kier alpha value is -0.930. The van der Waals surface area contributed by atoms with Crippen molar-refractivity contribution in [2.45, 2.75) is 38.8 Å². The number of anilines is 2. The number of rotatable bonds is 4. The third kappa shape index (κ3) is 3.58. The molecule has 1 aliphatic heterocycles. The molecule has 1 fully saturated rings. The molecule has 0 radical (unpaired) electrons. The van der Waals surface area contributed by atoms with Gasteiger partial charge < -0.3 is 15.1 Å². The van der Waals surface area contributed by atoms with Gasteiger partial charge in [0.2, 0.25) is 0 Å². The molecule has 112 valence electrons. The number of nitrogens with one attached hydrogen (secondary N) is 1. The number of para-hydroxylation sites is 1. The summed E-state index contributed by atoms with van der Waals surface area (Å²) < 4.78 is 0. The number of benzene rings is 1. The fourth-order valence-corrected chi connectivity index (χ4v) is 3.21. The average molecular weight is 296 g/mol. The van der Waals surface area contributed by atoms with Gasteiger partial charge in [-0.1, -0.05) is 17.7 Å². The summed E-state index contributed by atoms with van der Waals surface area (Å²) in [5, 5.41) is 4.48. The lowest BCUT2D eigenvalue weighted by molar-refractivity contribution is 0.177. The van der Waals surface area contributed by atoms with Gasteiger partial charge in [-0.15, -0.1) is 0 Å². The minimum atomic E-state index is 0.544.